The lowest BCUT2D eigenvalue weighted by Gasteiger charge is -2.23. The molecule has 1 unspecified atom stereocenters. The summed E-state index contributed by atoms with van der Waals surface area (Å²) in [6.07, 6.45) is 1.41. The van der Waals surface area contributed by atoms with Gasteiger partial charge < -0.3 is 9.47 Å². The van der Waals surface area contributed by atoms with Gasteiger partial charge in [-0.25, -0.2) is 11.3 Å². The molecule has 0 amide bonds. The molecule has 13 heavy (non-hydrogen) atoms. The summed E-state index contributed by atoms with van der Waals surface area (Å²) in [6, 6.07) is 0. The highest BCUT2D eigenvalue weighted by Crippen LogP contribution is 2.04. The standard InChI is InChI=1S/C7H14N4O2/c1-5-4-7(10-11(8)9-5)13-6(2)12-3/h4,6,10H,8H2,1-3H3. The Kier molecular flexibility index (Phi) is 3.10. The van der Waals surface area contributed by atoms with E-state index in [0.717, 1.165) is 10.9 Å². The van der Waals surface area contributed by atoms with Crippen molar-refractivity contribution in [1.29, 1.82) is 0 Å². The van der Waals surface area contributed by atoms with Crippen molar-refractivity contribution in [3.63, 3.8) is 0 Å². The van der Waals surface area contributed by atoms with Crippen LogP contribution in [0.2, 0.25) is 0 Å². The van der Waals surface area contributed by atoms with Crippen molar-refractivity contribution in [1.82, 2.24) is 10.7 Å². The maximum Gasteiger partial charge on any atom is 0.212 e. The number of hydrogen-bond acceptors (Lipinski definition) is 6. The lowest BCUT2D eigenvalue weighted by atomic mass is 10.4. The van der Waals surface area contributed by atoms with Crippen molar-refractivity contribution in [3.8, 4) is 0 Å². The minimum atomic E-state index is -0.321. The van der Waals surface area contributed by atoms with Gasteiger partial charge in [0.25, 0.3) is 0 Å². The molecule has 1 aliphatic heterocycles. The average molecular weight is 186 g/mol. The summed E-state index contributed by atoms with van der Waals surface area (Å²) >= 11 is 0. The molecule has 0 spiro atoms. The predicted molar refractivity (Wildman–Crippen MR) is 47.9 cm³/mol. The molecule has 1 heterocycles. The van der Waals surface area contributed by atoms with Crippen molar-refractivity contribution in [3.05, 3.63) is 12.0 Å². The van der Waals surface area contributed by atoms with E-state index in [1.54, 1.807) is 20.1 Å². The Balaban J connectivity index is 2.56. The van der Waals surface area contributed by atoms with E-state index >= 15 is 0 Å². The van der Waals surface area contributed by atoms with Crippen LogP contribution in [0.4, 0.5) is 0 Å². The molecule has 0 aromatic rings. The Hall–Kier alpha value is -1.27. The number of ether oxygens (including phenoxy) is 2. The Morgan fingerprint density at radius 2 is 2.38 bits per heavy atom. The van der Waals surface area contributed by atoms with Crippen molar-refractivity contribution in [2.75, 3.05) is 7.11 Å². The molecule has 0 radical (unpaired) electrons. The highest BCUT2D eigenvalue weighted by Gasteiger charge is 2.10. The number of nitrogens with two attached hydrogens (primary N) is 1. The fraction of sp³-hybridized carbons (Fsp3) is 0.571. The van der Waals surface area contributed by atoms with Gasteiger partial charge in [-0.3, -0.25) is 0 Å². The van der Waals surface area contributed by atoms with Crippen molar-refractivity contribution in [2.45, 2.75) is 20.1 Å². The van der Waals surface area contributed by atoms with E-state index in [-0.39, 0.29) is 6.29 Å². The molecular weight excluding hydrogens is 172 g/mol. The van der Waals surface area contributed by atoms with Gasteiger partial charge in [0.15, 0.2) is 6.29 Å². The topological polar surface area (TPSA) is 72.1 Å². The van der Waals surface area contributed by atoms with Gasteiger partial charge in [0, 0.05) is 13.2 Å². The highest BCUT2D eigenvalue weighted by atomic mass is 16.7. The van der Waals surface area contributed by atoms with E-state index in [4.69, 9.17) is 15.3 Å². The number of methoxy groups -OCH3 is 1. The molecular formula is C7H14N4O2. The van der Waals surface area contributed by atoms with Gasteiger partial charge in [0.05, 0.1) is 5.71 Å². The molecule has 0 aromatic carbocycles. The molecule has 0 saturated heterocycles. The van der Waals surface area contributed by atoms with Crippen LogP contribution in [0.25, 0.3) is 0 Å². The maximum atomic E-state index is 5.41. The second-order valence-corrected chi connectivity index (χ2v) is 2.63. The Morgan fingerprint density at radius 1 is 1.69 bits per heavy atom. The fourth-order valence-corrected chi connectivity index (χ4v) is 0.846. The lowest BCUT2D eigenvalue weighted by molar-refractivity contribution is -0.0937. The summed E-state index contributed by atoms with van der Waals surface area (Å²) in [4.78, 5) is 0. The van der Waals surface area contributed by atoms with Crippen LogP contribution in [-0.2, 0) is 9.47 Å². The Morgan fingerprint density at radius 3 is 2.92 bits per heavy atom. The first kappa shape index (κ1) is 9.82. The first-order valence-electron chi connectivity index (χ1n) is 3.89. The zero-order valence-electron chi connectivity index (χ0n) is 7.94. The third-order valence-corrected chi connectivity index (χ3v) is 1.46. The van der Waals surface area contributed by atoms with Gasteiger partial charge in [-0.05, 0) is 13.8 Å². The van der Waals surface area contributed by atoms with Crippen LogP contribution in [0, 0.1) is 0 Å². The Bertz CT molecular complexity index is 239. The van der Waals surface area contributed by atoms with Crippen LogP contribution in [0.5, 0.6) is 0 Å². The zero-order chi connectivity index (χ0) is 9.84. The number of hydrazone groups is 1. The third kappa shape index (κ3) is 2.92. The van der Waals surface area contributed by atoms with Gasteiger partial charge in [0.2, 0.25) is 5.88 Å². The van der Waals surface area contributed by atoms with E-state index in [0.29, 0.717) is 5.88 Å². The van der Waals surface area contributed by atoms with Crippen LogP contribution in [0.15, 0.2) is 17.1 Å². The normalized spacial score (nSPS) is 18.6. The summed E-state index contributed by atoms with van der Waals surface area (Å²) in [6.45, 7) is 3.60. The largest absolute Gasteiger partial charge is 0.449 e. The first-order valence-corrected chi connectivity index (χ1v) is 3.89. The number of hydrazine groups is 2. The number of hydrogen-bond donors (Lipinski definition) is 2. The third-order valence-electron chi connectivity index (χ3n) is 1.46. The molecule has 0 bridgehead atoms. The van der Waals surface area contributed by atoms with Crippen LogP contribution in [0.3, 0.4) is 0 Å². The zero-order valence-corrected chi connectivity index (χ0v) is 7.94. The monoisotopic (exact) mass is 186 g/mol. The van der Waals surface area contributed by atoms with Crippen molar-refractivity contribution < 1.29 is 9.47 Å². The molecule has 0 aliphatic carbocycles. The van der Waals surface area contributed by atoms with Gasteiger partial charge in [-0.15, -0.1) is 10.3 Å². The number of rotatable bonds is 3. The minimum Gasteiger partial charge on any atom is -0.449 e. The molecule has 3 N–H and O–H groups in total. The predicted octanol–water partition coefficient (Wildman–Crippen LogP) is -0.0934. The van der Waals surface area contributed by atoms with E-state index in [1.165, 1.54) is 0 Å². The van der Waals surface area contributed by atoms with Gasteiger partial charge in [0.1, 0.15) is 0 Å². The number of nitrogens with zero attached hydrogens (tertiary/aromatic N) is 2. The smallest absolute Gasteiger partial charge is 0.212 e. The molecule has 1 aliphatic rings. The summed E-state index contributed by atoms with van der Waals surface area (Å²) in [5.74, 6) is 5.92. The maximum absolute atomic E-state index is 5.41. The van der Waals surface area contributed by atoms with Crippen molar-refractivity contribution in [2.24, 2.45) is 10.9 Å². The number of nitrogens with one attached hydrogen (secondary N) is 1. The van der Waals surface area contributed by atoms with Crippen molar-refractivity contribution >= 4 is 5.71 Å². The molecule has 0 aromatic heterocycles. The SMILES string of the molecule is COC(C)OC1=CC(C)=NN(N)N1. The van der Waals surface area contributed by atoms with Gasteiger partial charge in [-0.1, -0.05) is 0 Å². The molecule has 1 rings (SSSR count). The molecule has 0 fully saturated rings. The van der Waals surface area contributed by atoms with Crippen LogP contribution in [0.1, 0.15) is 13.8 Å². The van der Waals surface area contributed by atoms with Gasteiger partial charge >= 0.3 is 0 Å². The lowest BCUT2D eigenvalue weighted by Crippen LogP contribution is -2.43. The van der Waals surface area contributed by atoms with E-state index in [1.807, 2.05) is 6.92 Å². The van der Waals surface area contributed by atoms with E-state index < -0.39 is 0 Å². The fourth-order valence-electron chi connectivity index (χ4n) is 0.846. The Labute approximate surface area is 76.9 Å². The first-order chi connectivity index (χ1) is 6.11. The summed E-state index contributed by atoms with van der Waals surface area (Å²) in [5, 5.41) is 4.98. The minimum absolute atomic E-state index is 0.321. The highest BCUT2D eigenvalue weighted by molar-refractivity contribution is 5.93. The van der Waals surface area contributed by atoms with E-state index in [9.17, 15) is 0 Å². The summed E-state index contributed by atoms with van der Waals surface area (Å²) in [7, 11) is 1.56. The van der Waals surface area contributed by atoms with Gasteiger partial charge in [-0.2, -0.15) is 0 Å². The quantitative estimate of drug-likeness (QED) is 0.476. The number of allylic oxidation sites excluding steroid dienone is 1. The summed E-state index contributed by atoms with van der Waals surface area (Å²) in [5.41, 5.74) is 3.46. The van der Waals surface area contributed by atoms with Crippen LogP contribution >= 0.6 is 0 Å². The van der Waals surface area contributed by atoms with Crippen LogP contribution in [-0.4, -0.2) is 24.3 Å². The molecule has 74 valence electrons. The molecule has 1 atom stereocenters. The second kappa shape index (κ2) is 4.11. The molecule has 0 saturated carbocycles. The molecule has 6 nitrogen and oxygen atoms in total. The van der Waals surface area contributed by atoms with E-state index in [2.05, 4.69) is 10.5 Å². The summed E-state index contributed by atoms with van der Waals surface area (Å²) < 4.78 is 10.2. The second-order valence-electron chi connectivity index (χ2n) is 2.63. The molecule has 6 heteroatoms. The average Bonchev–Trinajstić information content (AvgIpc) is 2.02. The van der Waals surface area contributed by atoms with Crippen LogP contribution < -0.4 is 11.3 Å².